The number of hydrogen-bond acceptors (Lipinski definition) is 4. The van der Waals surface area contributed by atoms with Gasteiger partial charge in [-0.05, 0) is 54.6 Å². The van der Waals surface area contributed by atoms with Crippen molar-refractivity contribution in [3.05, 3.63) is 101 Å². The van der Waals surface area contributed by atoms with E-state index in [2.05, 4.69) is 31.3 Å². The van der Waals surface area contributed by atoms with Crippen LogP contribution in [-0.2, 0) is 6.42 Å². The molecule has 2 aromatic carbocycles. The van der Waals surface area contributed by atoms with Crippen LogP contribution >= 0.6 is 15.9 Å². The van der Waals surface area contributed by atoms with E-state index in [9.17, 15) is 4.79 Å². The van der Waals surface area contributed by atoms with Crippen molar-refractivity contribution in [1.82, 2.24) is 20.1 Å². The first-order valence-corrected chi connectivity index (χ1v) is 10.2. The first-order chi connectivity index (χ1) is 14.7. The molecule has 0 aliphatic carbocycles. The summed E-state index contributed by atoms with van der Waals surface area (Å²) >= 11 is 3.39. The summed E-state index contributed by atoms with van der Waals surface area (Å²) in [4.78, 5) is 16.9. The Balaban J connectivity index is 1.37. The van der Waals surface area contributed by atoms with Gasteiger partial charge in [-0.1, -0.05) is 34.1 Å². The molecule has 4 aromatic rings. The van der Waals surface area contributed by atoms with Crippen molar-refractivity contribution < 1.29 is 9.53 Å². The second-order valence-electron chi connectivity index (χ2n) is 6.51. The van der Waals surface area contributed by atoms with Crippen molar-refractivity contribution >= 4 is 21.8 Å². The third kappa shape index (κ3) is 4.93. The highest BCUT2D eigenvalue weighted by molar-refractivity contribution is 9.10. The van der Waals surface area contributed by atoms with E-state index in [0.717, 1.165) is 15.9 Å². The van der Waals surface area contributed by atoms with Gasteiger partial charge in [0.05, 0.1) is 11.4 Å². The minimum atomic E-state index is -0.238. The van der Waals surface area contributed by atoms with E-state index in [-0.39, 0.29) is 11.8 Å². The van der Waals surface area contributed by atoms with Crippen LogP contribution in [0.25, 0.3) is 5.69 Å². The molecule has 0 aliphatic heterocycles. The monoisotopic (exact) mass is 462 g/mol. The van der Waals surface area contributed by atoms with Gasteiger partial charge in [-0.25, -0.2) is 9.67 Å². The summed E-state index contributed by atoms with van der Waals surface area (Å²) in [6, 6.07) is 22.6. The second kappa shape index (κ2) is 9.37. The highest BCUT2D eigenvalue weighted by Gasteiger charge is 2.14. The number of carbonyl (C=O) groups is 1. The Kier molecular flexibility index (Phi) is 6.20. The molecule has 150 valence electrons. The number of rotatable bonds is 7. The van der Waals surface area contributed by atoms with Gasteiger partial charge >= 0.3 is 0 Å². The molecule has 4 rings (SSSR count). The number of para-hydroxylation sites is 1. The van der Waals surface area contributed by atoms with Crippen LogP contribution in [0.2, 0.25) is 0 Å². The van der Waals surface area contributed by atoms with Crippen LogP contribution in [0.1, 0.15) is 16.1 Å². The number of benzene rings is 2. The number of ether oxygens (including phenoxy) is 1. The lowest BCUT2D eigenvalue weighted by Crippen LogP contribution is -2.26. The summed E-state index contributed by atoms with van der Waals surface area (Å²) < 4.78 is 8.56. The molecule has 0 spiro atoms. The fourth-order valence-corrected chi connectivity index (χ4v) is 3.14. The van der Waals surface area contributed by atoms with Gasteiger partial charge in [0.15, 0.2) is 0 Å². The molecule has 6 nitrogen and oxygen atoms in total. The maximum Gasteiger partial charge on any atom is 0.256 e. The van der Waals surface area contributed by atoms with E-state index in [0.29, 0.717) is 24.3 Å². The van der Waals surface area contributed by atoms with Gasteiger partial charge < -0.3 is 10.1 Å². The normalized spacial score (nSPS) is 10.6. The van der Waals surface area contributed by atoms with Crippen molar-refractivity contribution in [3.8, 4) is 17.3 Å². The number of hydrogen-bond donors (Lipinski definition) is 1. The largest absolute Gasteiger partial charge is 0.438 e. The Hall–Kier alpha value is -3.45. The van der Waals surface area contributed by atoms with Crippen molar-refractivity contribution in [2.24, 2.45) is 0 Å². The summed E-state index contributed by atoms with van der Waals surface area (Å²) in [7, 11) is 0. The SMILES string of the molecule is O=C(NCCc1ccn(-c2ccccc2)n1)c1cccnc1Oc1ccc(Br)cc1. The summed E-state index contributed by atoms with van der Waals surface area (Å²) in [5, 5.41) is 7.47. The summed E-state index contributed by atoms with van der Waals surface area (Å²) in [5.74, 6) is 0.640. The van der Waals surface area contributed by atoms with Gasteiger partial charge in [0.1, 0.15) is 11.3 Å². The van der Waals surface area contributed by atoms with Crippen LogP contribution in [0.5, 0.6) is 11.6 Å². The van der Waals surface area contributed by atoms with Gasteiger partial charge in [-0.15, -0.1) is 0 Å². The van der Waals surface area contributed by atoms with Gasteiger partial charge in [0.25, 0.3) is 5.91 Å². The average molecular weight is 463 g/mol. The Morgan fingerprint density at radius 1 is 1.00 bits per heavy atom. The van der Waals surface area contributed by atoms with Gasteiger partial charge in [-0.3, -0.25) is 4.79 Å². The molecule has 0 fully saturated rings. The molecule has 0 bridgehead atoms. The molecule has 0 radical (unpaired) electrons. The predicted octanol–water partition coefficient (Wildman–Crippen LogP) is 4.79. The van der Waals surface area contributed by atoms with E-state index in [1.54, 1.807) is 18.3 Å². The zero-order valence-corrected chi connectivity index (χ0v) is 17.6. The van der Waals surface area contributed by atoms with Gasteiger partial charge in [-0.2, -0.15) is 5.10 Å². The molecule has 30 heavy (non-hydrogen) atoms. The highest BCUT2D eigenvalue weighted by atomic mass is 79.9. The molecule has 2 heterocycles. The van der Waals surface area contributed by atoms with Crippen LogP contribution in [0.15, 0.2) is 89.7 Å². The van der Waals surface area contributed by atoms with E-state index >= 15 is 0 Å². The van der Waals surface area contributed by atoms with Crippen molar-refractivity contribution in [3.63, 3.8) is 0 Å². The first kappa shape index (κ1) is 19.8. The Morgan fingerprint density at radius 2 is 1.80 bits per heavy atom. The number of amides is 1. The fraction of sp³-hybridized carbons (Fsp3) is 0.0870. The van der Waals surface area contributed by atoms with Crippen LogP contribution in [0.3, 0.4) is 0 Å². The predicted molar refractivity (Wildman–Crippen MR) is 118 cm³/mol. The van der Waals surface area contributed by atoms with Crippen LogP contribution in [0, 0.1) is 0 Å². The molecule has 0 saturated heterocycles. The zero-order chi connectivity index (χ0) is 20.8. The third-order valence-electron chi connectivity index (χ3n) is 4.38. The highest BCUT2D eigenvalue weighted by Crippen LogP contribution is 2.24. The topological polar surface area (TPSA) is 69.0 Å². The van der Waals surface area contributed by atoms with Gasteiger partial charge in [0.2, 0.25) is 5.88 Å². The van der Waals surface area contributed by atoms with E-state index < -0.39 is 0 Å². The lowest BCUT2D eigenvalue weighted by molar-refractivity contribution is 0.0951. The lowest BCUT2D eigenvalue weighted by atomic mass is 10.2. The Bertz CT molecular complexity index is 1130. The average Bonchev–Trinajstić information content (AvgIpc) is 3.25. The van der Waals surface area contributed by atoms with E-state index in [4.69, 9.17) is 4.74 Å². The standard InChI is InChI=1S/C23H19BrN4O2/c24-17-8-10-20(11-9-17)30-23-21(7-4-14-26-23)22(29)25-15-12-18-13-16-28(27-18)19-5-2-1-3-6-19/h1-11,13-14,16H,12,15H2,(H,25,29). The number of nitrogens with one attached hydrogen (secondary N) is 1. The molecule has 0 saturated carbocycles. The summed E-state index contributed by atoms with van der Waals surface area (Å²) in [6.07, 6.45) is 4.13. The smallest absolute Gasteiger partial charge is 0.256 e. The Morgan fingerprint density at radius 3 is 2.60 bits per heavy atom. The number of pyridine rings is 1. The number of carbonyl (C=O) groups excluding carboxylic acids is 1. The molecular formula is C23H19BrN4O2. The van der Waals surface area contributed by atoms with E-state index in [1.165, 1.54) is 0 Å². The molecule has 1 amide bonds. The molecule has 0 unspecified atom stereocenters. The molecule has 2 aromatic heterocycles. The maximum absolute atomic E-state index is 12.7. The number of nitrogens with zero attached hydrogens (tertiary/aromatic N) is 3. The summed E-state index contributed by atoms with van der Waals surface area (Å²) in [5.41, 5.74) is 2.28. The zero-order valence-electron chi connectivity index (χ0n) is 16.0. The van der Waals surface area contributed by atoms with Crippen molar-refractivity contribution in [1.29, 1.82) is 0 Å². The minimum Gasteiger partial charge on any atom is -0.438 e. The van der Waals surface area contributed by atoms with Gasteiger partial charge in [0, 0.05) is 29.8 Å². The fourth-order valence-electron chi connectivity index (χ4n) is 2.88. The van der Waals surface area contributed by atoms with E-state index in [1.807, 2.05) is 71.5 Å². The molecule has 1 N–H and O–H groups in total. The molecule has 7 heteroatoms. The van der Waals surface area contributed by atoms with Crippen molar-refractivity contribution in [2.45, 2.75) is 6.42 Å². The van der Waals surface area contributed by atoms with Crippen LogP contribution in [0.4, 0.5) is 0 Å². The summed E-state index contributed by atoms with van der Waals surface area (Å²) in [6.45, 7) is 0.456. The minimum absolute atomic E-state index is 0.238. The third-order valence-corrected chi connectivity index (χ3v) is 4.90. The molecule has 0 aliphatic rings. The van der Waals surface area contributed by atoms with Crippen molar-refractivity contribution in [2.75, 3.05) is 6.54 Å². The second-order valence-corrected chi connectivity index (χ2v) is 7.42. The lowest BCUT2D eigenvalue weighted by Gasteiger charge is -2.10. The Labute approximate surface area is 182 Å². The maximum atomic E-state index is 12.7. The number of halogens is 1. The molecule has 0 atom stereocenters. The molecular weight excluding hydrogens is 444 g/mol. The quantitative estimate of drug-likeness (QED) is 0.428. The number of aromatic nitrogens is 3. The van der Waals surface area contributed by atoms with Crippen LogP contribution < -0.4 is 10.1 Å². The van der Waals surface area contributed by atoms with Crippen LogP contribution in [-0.4, -0.2) is 27.2 Å². The first-order valence-electron chi connectivity index (χ1n) is 9.46.